The van der Waals surface area contributed by atoms with E-state index in [2.05, 4.69) is 4.98 Å². The Morgan fingerprint density at radius 3 is 2.58 bits per heavy atom. The highest BCUT2D eigenvalue weighted by Gasteiger charge is 2.35. The SMILES string of the molecule is CCOC(=O)C1=C(c2ccccc2)N=c2sc(=Cc3c[nH]c4ccccc34)c(=O)n2C1c1ccc(Cl)cc1. The molecule has 0 saturated heterocycles. The quantitative estimate of drug-likeness (QED) is 0.317. The fourth-order valence-corrected chi connectivity index (χ4v) is 5.87. The molecule has 1 N–H and O–H groups in total. The Hall–Kier alpha value is -4.20. The van der Waals surface area contributed by atoms with E-state index in [1.807, 2.05) is 79.0 Å². The Bertz CT molecular complexity index is 1880. The number of hydrogen-bond donors (Lipinski definition) is 1. The van der Waals surface area contributed by atoms with E-state index in [-0.39, 0.29) is 12.2 Å². The van der Waals surface area contributed by atoms with Crippen molar-refractivity contribution in [3.05, 3.63) is 132 Å². The summed E-state index contributed by atoms with van der Waals surface area (Å²) in [7, 11) is 0. The van der Waals surface area contributed by atoms with Crippen molar-refractivity contribution in [2.45, 2.75) is 13.0 Å². The number of esters is 1. The van der Waals surface area contributed by atoms with E-state index in [4.69, 9.17) is 21.3 Å². The van der Waals surface area contributed by atoms with Gasteiger partial charge in [0.1, 0.15) is 0 Å². The van der Waals surface area contributed by atoms with E-state index in [0.717, 1.165) is 27.6 Å². The van der Waals surface area contributed by atoms with Gasteiger partial charge in [0.15, 0.2) is 4.80 Å². The van der Waals surface area contributed by atoms with Crippen LogP contribution in [0.1, 0.15) is 29.7 Å². The minimum atomic E-state index is -0.733. The van der Waals surface area contributed by atoms with Crippen molar-refractivity contribution in [2.75, 3.05) is 6.61 Å². The molecule has 0 spiro atoms. The molecule has 0 aliphatic carbocycles. The van der Waals surface area contributed by atoms with E-state index < -0.39 is 12.0 Å². The van der Waals surface area contributed by atoms with Gasteiger partial charge < -0.3 is 9.72 Å². The highest BCUT2D eigenvalue weighted by atomic mass is 35.5. The van der Waals surface area contributed by atoms with Crippen LogP contribution in [0.15, 0.2) is 100 Å². The second-order valence-electron chi connectivity index (χ2n) is 8.77. The molecule has 2 aromatic heterocycles. The van der Waals surface area contributed by atoms with Gasteiger partial charge in [0.2, 0.25) is 0 Å². The summed E-state index contributed by atoms with van der Waals surface area (Å²) in [6.07, 6.45) is 3.76. The third-order valence-electron chi connectivity index (χ3n) is 6.47. The van der Waals surface area contributed by atoms with Gasteiger partial charge in [-0.05, 0) is 36.8 Å². The van der Waals surface area contributed by atoms with Gasteiger partial charge in [-0.3, -0.25) is 9.36 Å². The van der Waals surface area contributed by atoms with Crippen molar-refractivity contribution in [2.24, 2.45) is 4.99 Å². The zero-order valence-corrected chi connectivity index (χ0v) is 21.9. The zero-order chi connectivity index (χ0) is 26.2. The average Bonchev–Trinajstić information content (AvgIpc) is 3.49. The molecule has 3 aromatic carbocycles. The fraction of sp³-hybridized carbons (Fsp3) is 0.100. The summed E-state index contributed by atoms with van der Waals surface area (Å²) < 4.78 is 7.61. The van der Waals surface area contributed by atoms with Crippen LogP contribution < -0.4 is 14.9 Å². The largest absolute Gasteiger partial charge is 0.463 e. The van der Waals surface area contributed by atoms with Gasteiger partial charge in [0.25, 0.3) is 5.56 Å². The molecule has 6 nitrogen and oxygen atoms in total. The van der Waals surface area contributed by atoms with Crippen LogP contribution in [0, 0.1) is 0 Å². The first-order valence-electron chi connectivity index (χ1n) is 12.1. The second kappa shape index (κ2) is 9.93. The normalized spacial score (nSPS) is 15.4. The monoisotopic (exact) mass is 539 g/mol. The van der Waals surface area contributed by atoms with Crippen LogP contribution >= 0.6 is 22.9 Å². The number of aromatic nitrogens is 2. The van der Waals surface area contributed by atoms with Crippen molar-refractivity contribution < 1.29 is 9.53 Å². The number of carbonyl (C=O) groups excluding carboxylic acids is 1. The van der Waals surface area contributed by atoms with Crippen molar-refractivity contribution in [3.63, 3.8) is 0 Å². The molecule has 0 bridgehead atoms. The van der Waals surface area contributed by atoms with E-state index in [1.54, 1.807) is 23.6 Å². The maximum Gasteiger partial charge on any atom is 0.338 e. The molecule has 1 atom stereocenters. The highest BCUT2D eigenvalue weighted by Crippen LogP contribution is 2.35. The van der Waals surface area contributed by atoms with Crippen LogP contribution in [0.2, 0.25) is 5.02 Å². The number of nitrogens with one attached hydrogen (secondary N) is 1. The predicted molar refractivity (Wildman–Crippen MR) is 151 cm³/mol. The molecule has 6 rings (SSSR count). The average molecular weight is 540 g/mol. The van der Waals surface area contributed by atoms with Gasteiger partial charge in [-0.25, -0.2) is 9.79 Å². The van der Waals surface area contributed by atoms with Crippen LogP contribution in [-0.2, 0) is 9.53 Å². The van der Waals surface area contributed by atoms with Gasteiger partial charge in [0, 0.05) is 33.2 Å². The molecular weight excluding hydrogens is 518 g/mol. The molecule has 5 aromatic rings. The smallest absolute Gasteiger partial charge is 0.338 e. The molecule has 3 heterocycles. The Balaban J connectivity index is 1.65. The minimum Gasteiger partial charge on any atom is -0.463 e. The third kappa shape index (κ3) is 4.20. The number of fused-ring (bicyclic) bond motifs is 2. The Morgan fingerprint density at radius 1 is 1.08 bits per heavy atom. The number of thiazole rings is 1. The lowest BCUT2D eigenvalue weighted by Gasteiger charge is -2.25. The van der Waals surface area contributed by atoms with Crippen LogP contribution in [0.5, 0.6) is 0 Å². The lowest BCUT2D eigenvalue weighted by atomic mass is 9.93. The lowest BCUT2D eigenvalue weighted by Crippen LogP contribution is -2.40. The summed E-state index contributed by atoms with van der Waals surface area (Å²) in [5.41, 5.74) is 3.97. The molecule has 1 aliphatic heterocycles. The number of para-hydroxylation sites is 1. The summed E-state index contributed by atoms with van der Waals surface area (Å²) in [4.78, 5) is 36.1. The second-order valence-corrected chi connectivity index (χ2v) is 10.2. The zero-order valence-electron chi connectivity index (χ0n) is 20.4. The molecular formula is C30H22ClN3O3S. The van der Waals surface area contributed by atoms with Crippen molar-refractivity contribution in [3.8, 4) is 0 Å². The molecule has 8 heteroatoms. The maximum atomic E-state index is 14.0. The molecule has 38 heavy (non-hydrogen) atoms. The first kappa shape index (κ1) is 24.2. The molecule has 1 unspecified atom stereocenters. The molecule has 0 amide bonds. The number of rotatable bonds is 5. The highest BCUT2D eigenvalue weighted by molar-refractivity contribution is 7.07. The van der Waals surface area contributed by atoms with Crippen LogP contribution in [-0.4, -0.2) is 22.1 Å². The van der Waals surface area contributed by atoms with Crippen molar-refractivity contribution in [1.29, 1.82) is 0 Å². The van der Waals surface area contributed by atoms with E-state index in [9.17, 15) is 9.59 Å². The van der Waals surface area contributed by atoms with Gasteiger partial charge in [-0.1, -0.05) is 83.6 Å². The van der Waals surface area contributed by atoms with Crippen LogP contribution in [0.25, 0.3) is 22.7 Å². The topological polar surface area (TPSA) is 76.4 Å². The number of halogens is 1. The van der Waals surface area contributed by atoms with Gasteiger partial charge in [0.05, 0.1) is 28.5 Å². The Labute approximate surface area is 226 Å². The van der Waals surface area contributed by atoms with Gasteiger partial charge >= 0.3 is 5.97 Å². The first-order valence-corrected chi connectivity index (χ1v) is 13.3. The summed E-state index contributed by atoms with van der Waals surface area (Å²) in [6, 6.07) is 23.9. The first-order chi connectivity index (χ1) is 18.5. The van der Waals surface area contributed by atoms with Crippen molar-refractivity contribution >= 4 is 51.6 Å². The van der Waals surface area contributed by atoms with Crippen LogP contribution in [0.3, 0.4) is 0 Å². The number of ether oxygens (including phenoxy) is 1. The summed E-state index contributed by atoms with van der Waals surface area (Å²) >= 11 is 7.49. The number of nitrogens with zero attached hydrogens (tertiary/aromatic N) is 2. The molecule has 0 radical (unpaired) electrons. The maximum absolute atomic E-state index is 14.0. The minimum absolute atomic E-state index is 0.197. The number of hydrogen-bond acceptors (Lipinski definition) is 5. The Kier molecular flexibility index (Phi) is 6.31. The number of aromatic amines is 1. The molecule has 0 saturated carbocycles. The molecule has 188 valence electrons. The van der Waals surface area contributed by atoms with Gasteiger partial charge in [-0.15, -0.1) is 0 Å². The predicted octanol–water partition coefficient (Wildman–Crippen LogP) is 5.07. The van der Waals surface area contributed by atoms with E-state index in [0.29, 0.717) is 25.6 Å². The number of H-pyrrole nitrogens is 1. The fourth-order valence-electron chi connectivity index (χ4n) is 4.76. The van der Waals surface area contributed by atoms with E-state index in [1.165, 1.54) is 11.3 Å². The summed E-state index contributed by atoms with van der Waals surface area (Å²) in [5, 5.41) is 1.58. The molecule has 0 fully saturated rings. The number of benzene rings is 3. The summed E-state index contributed by atoms with van der Waals surface area (Å²) in [5.74, 6) is -0.513. The Morgan fingerprint density at radius 2 is 1.82 bits per heavy atom. The number of carbonyl (C=O) groups is 1. The standard InChI is InChI=1S/C30H22ClN3O3S/c1-2-37-29(36)25-26(18-8-4-3-5-9-18)33-30-34(27(25)19-12-14-21(31)15-13-19)28(35)24(38-30)16-20-17-32-23-11-7-6-10-22(20)23/h3-17,27,32H,2H2,1H3. The van der Waals surface area contributed by atoms with Gasteiger partial charge in [-0.2, -0.15) is 0 Å². The van der Waals surface area contributed by atoms with Crippen molar-refractivity contribution in [1.82, 2.24) is 9.55 Å². The van der Waals surface area contributed by atoms with E-state index >= 15 is 0 Å². The lowest BCUT2D eigenvalue weighted by molar-refractivity contribution is -0.138. The van der Waals surface area contributed by atoms with Crippen LogP contribution in [0.4, 0.5) is 0 Å². The summed E-state index contributed by atoms with van der Waals surface area (Å²) in [6.45, 7) is 1.96. The molecule has 1 aliphatic rings. The third-order valence-corrected chi connectivity index (χ3v) is 7.70.